The number of aromatic nitrogens is 2. The standard InChI is InChI=1S/C17H19N3/c1-13-6-5-7-15(19-13)11-18-10-14-12-20(2)17-9-4-3-8-16(14)17/h3-9,12,18H,10-11H2,1-2H3. The maximum Gasteiger partial charge on any atom is 0.0544 e. The van der Waals surface area contributed by atoms with E-state index in [1.54, 1.807) is 0 Å². The van der Waals surface area contributed by atoms with Crippen LogP contribution in [0.4, 0.5) is 0 Å². The van der Waals surface area contributed by atoms with Gasteiger partial charge >= 0.3 is 0 Å². The van der Waals surface area contributed by atoms with E-state index in [9.17, 15) is 0 Å². The molecular weight excluding hydrogens is 246 g/mol. The van der Waals surface area contributed by atoms with Gasteiger partial charge in [-0.2, -0.15) is 0 Å². The molecule has 3 nitrogen and oxygen atoms in total. The SMILES string of the molecule is Cc1cccc(CNCc2cn(C)c3ccccc23)n1. The van der Waals surface area contributed by atoms with Crippen LogP contribution in [0.25, 0.3) is 10.9 Å². The Bertz CT molecular complexity index is 728. The molecule has 3 heteroatoms. The van der Waals surface area contributed by atoms with Crippen molar-refractivity contribution in [3.8, 4) is 0 Å². The highest BCUT2D eigenvalue weighted by molar-refractivity contribution is 5.83. The third-order valence-corrected chi connectivity index (χ3v) is 3.55. The van der Waals surface area contributed by atoms with Crippen molar-refractivity contribution in [1.29, 1.82) is 0 Å². The Morgan fingerprint density at radius 3 is 2.75 bits per heavy atom. The molecule has 0 amide bonds. The van der Waals surface area contributed by atoms with E-state index >= 15 is 0 Å². The van der Waals surface area contributed by atoms with Crippen LogP contribution in [-0.4, -0.2) is 9.55 Å². The molecule has 3 rings (SSSR count). The lowest BCUT2D eigenvalue weighted by atomic mass is 10.2. The van der Waals surface area contributed by atoms with Crippen LogP contribution < -0.4 is 5.32 Å². The van der Waals surface area contributed by atoms with Gasteiger partial charge in [-0.25, -0.2) is 0 Å². The van der Waals surface area contributed by atoms with Crippen LogP contribution in [0.15, 0.2) is 48.7 Å². The van der Waals surface area contributed by atoms with Crippen molar-refractivity contribution in [2.45, 2.75) is 20.0 Å². The van der Waals surface area contributed by atoms with Gasteiger partial charge in [0.25, 0.3) is 0 Å². The summed E-state index contributed by atoms with van der Waals surface area (Å²) in [5.41, 5.74) is 4.76. The van der Waals surface area contributed by atoms with Gasteiger partial charge in [-0.05, 0) is 30.7 Å². The molecule has 0 unspecified atom stereocenters. The quantitative estimate of drug-likeness (QED) is 0.785. The summed E-state index contributed by atoms with van der Waals surface area (Å²) in [4.78, 5) is 4.50. The van der Waals surface area contributed by atoms with Gasteiger partial charge < -0.3 is 9.88 Å². The molecule has 0 saturated heterocycles. The first-order valence-electron chi connectivity index (χ1n) is 6.90. The van der Waals surface area contributed by atoms with E-state index in [1.807, 2.05) is 13.0 Å². The molecule has 20 heavy (non-hydrogen) atoms. The average molecular weight is 265 g/mol. The van der Waals surface area contributed by atoms with Crippen LogP contribution in [0.2, 0.25) is 0 Å². The number of fused-ring (bicyclic) bond motifs is 1. The molecule has 0 aliphatic carbocycles. The number of hydrogen-bond acceptors (Lipinski definition) is 2. The van der Waals surface area contributed by atoms with E-state index in [2.05, 4.69) is 64.5 Å². The van der Waals surface area contributed by atoms with Crippen LogP contribution in [-0.2, 0) is 20.1 Å². The highest BCUT2D eigenvalue weighted by Gasteiger charge is 2.05. The molecule has 0 saturated carbocycles. The molecule has 0 aliphatic rings. The molecular formula is C17H19N3. The molecule has 1 N–H and O–H groups in total. The molecule has 1 aromatic carbocycles. The monoisotopic (exact) mass is 265 g/mol. The van der Waals surface area contributed by atoms with Crippen molar-refractivity contribution in [2.24, 2.45) is 7.05 Å². The fraction of sp³-hybridized carbons (Fsp3) is 0.235. The van der Waals surface area contributed by atoms with E-state index in [4.69, 9.17) is 0 Å². The predicted octanol–water partition coefficient (Wildman–Crippen LogP) is 3.17. The van der Waals surface area contributed by atoms with Crippen molar-refractivity contribution >= 4 is 10.9 Å². The summed E-state index contributed by atoms with van der Waals surface area (Å²) in [7, 11) is 2.09. The van der Waals surface area contributed by atoms with E-state index in [-0.39, 0.29) is 0 Å². The van der Waals surface area contributed by atoms with Gasteiger partial charge in [0.15, 0.2) is 0 Å². The van der Waals surface area contributed by atoms with Gasteiger partial charge in [-0.1, -0.05) is 24.3 Å². The highest BCUT2D eigenvalue weighted by Crippen LogP contribution is 2.19. The Hall–Kier alpha value is -2.13. The zero-order valence-electron chi connectivity index (χ0n) is 11.9. The van der Waals surface area contributed by atoms with Crippen molar-refractivity contribution in [2.75, 3.05) is 0 Å². The summed E-state index contributed by atoms with van der Waals surface area (Å²) in [6, 6.07) is 14.6. The Morgan fingerprint density at radius 2 is 1.90 bits per heavy atom. The van der Waals surface area contributed by atoms with Gasteiger partial charge in [0.2, 0.25) is 0 Å². The number of pyridine rings is 1. The predicted molar refractivity (Wildman–Crippen MR) is 82.4 cm³/mol. The van der Waals surface area contributed by atoms with Crippen LogP contribution in [0.1, 0.15) is 17.0 Å². The van der Waals surface area contributed by atoms with Crippen molar-refractivity contribution in [1.82, 2.24) is 14.9 Å². The number of hydrogen-bond donors (Lipinski definition) is 1. The Kier molecular flexibility index (Phi) is 3.52. The molecule has 0 aliphatic heterocycles. The fourth-order valence-electron chi connectivity index (χ4n) is 2.59. The molecule has 2 heterocycles. The first kappa shape index (κ1) is 12.9. The number of aryl methyl sites for hydroxylation is 2. The van der Waals surface area contributed by atoms with Gasteiger partial charge in [-0.3, -0.25) is 4.98 Å². The minimum atomic E-state index is 0.797. The van der Waals surface area contributed by atoms with Gasteiger partial charge in [-0.15, -0.1) is 0 Å². The largest absolute Gasteiger partial charge is 0.350 e. The topological polar surface area (TPSA) is 29.9 Å². The van der Waals surface area contributed by atoms with Gasteiger partial charge in [0.05, 0.1) is 5.69 Å². The molecule has 0 radical (unpaired) electrons. The van der Waals surface area contributed by atoms with Gasteiger partial charge in [0.1, 0.15) is 0 Å². The van der Waals surface area contributed by atoms with Crippen LogP contribution in [0, 0.1) is 6.92 Å². The van der Waals surface area contributed by atoms with E-state index in [1.165, 1.54) is 16.5 Å². The smallest absolute Gasteiger partial charge is 0.0544 e. The minimum absolute atomic E-state index is 0.797. The third-order valence-electron chi connectivity index (χ3n) is 3.55. The zero-order chi connectivity index (χ0) is 13.9. The zero-order valence-corrected chi connectivity index (χ0v) is 11.9. The third kappa shape index (κ3) is 2.58. The minimum Gasteiger partial charge on any atom is -0.350 e. The van der Waals surface area contributed by atoms with Crippen LogP contribution >= 0.6 is 0 Å². The lowest BCUT2D eigenvalue weighted by Crippen LogP contribution is -2.13. The fourth-order valence-corrected chi connectivity index (χ4v) is 2.59. The number of nitrogens with one attached hydrogen (secondary N) is 1. The second-order valence-corrected chi connectivity index (χ2v) is 5.16. The summed E-state index contributed by atoms with van der Waals surface area (Å²) < 4.78 is 2.18. The maximum atomic E-state index is 4.50. The molecule has 3 aromatic rings. The lowest BCUT2D eigenvalue weighted by Gasteiger charge is -2.04. The number of para-hydroxylation sites is 1. The second-order valence-electron chi connectivity index (χ2n) is 5.16. The van der Waals surface area contributed by atoms with Gasteiger partial charge in [0, 0.05) is 42.9 Å². The van der Waals surface area contributed by atoms with Crippen LogP contribution in [0.5, 0.6) is 0 Å². The summed E-state index contributed by atoms with van der Waals surface area (Å²) >= 11 is 0. The van der Waals surface area contributed by atoms with Crippen LogP contribution in [0.3, 0.4) is 0 Å². The highest BCUT2D eigenvalue weighted by atomic mass is 14.9. The molecule has 0 bridgehead atoms. The Morgan fingerprint density at radius 1 is 1.05 bits per heavy atom. The van der Waals surface area contributed by atoms with E-state index in [0.29, 0.717) is 0 Å². The van der Waals surface area contributed by atoms with E-state index < -0.39 is 0 Å². The number of rotatable bonds is 4. The molecule has 102 valence electrons. The maximum absolute atomic E-state index is 4.50. The summed E-state index contributed by atoms with van der Waals surface area (Å²) in [6.07, 6.45) is 2.20. The normalized spacial score (nSPS) is 11.1. The van der Waals surface area contributed by atoms with E-state index in [0.717, 1.165) is 24.5 Å². The first-order valence-corrected chi connectivity index (χ1v) is 6.90. The second kappa shape index (κ2) is 5.47. The Labute approximate surface area is 119 Å². The molecule has 2 aromatic heterocycles. The molecule has 0 spiro atoms. The van der Waals surface area contributed by atoms with Crippen molar-refractivity contribution in [3.63, 3.8) is 0 Å². The summed E-state index contributed by atoms with van der Waals surface area (Å²) in [6.45, 7) is 3.68. The number of nitrogens with zero attached hydrogens (tertiary/aromatic N) is 2. The van der Waals surface area contributed by atoms with Crippen molar-refractivity contribution < 1.29 is 0 Å². The number of benzene rings is 1. The first-order chi connectivity index (χ1) is 9.74. The molecule has 0 atom stereocenters. The van der Waals surface area contributed by atoms with Crippen molar-refractivity contribution in [3.05, 3.63) is 65.6 Å². The Balaban J connectivity index is 1.71. The summed E-state index contributed by atoms with van der Waals surface area (Å²) in [5, 5.41) is 4.79. The average Bonchev–Trinajstić information content (AvgIpc) is 2.77. The summed E-state index contributed by atoms with van der Waals surface area (Å²) in [5.74, 6) is 0. The lowest BCUT2D eigenvalue weighted by molar-refractivity contribution is 0.679. The molecule has 0 fully saturated rings.